The molecule has 0 spiro atoms. The highest BCUT2D eigenvalue weighted by molar-refractivity contribution is 7.98. The summed E-state index contributed by atoms with van der Waals surface area (Å²) in [7, 11) is 0. The number of aromatic nitrogens is 1. The van der Waals surface area contributed by atoms with Crippen molar-refractivity contribution in [2.75, 3.05) is 19.6 Å². The summed E-state index contributed by atoms with van der Waals surface area (Å²) >= 11 is 3.43. The zero-order chi connectivity index (χ0) is 22.5. The van der Waals surface area contributed by atoms with Crippen molar-refractivity contribution in [1.29, 1.82) is 0 Å². The van der Waals surface area contributed by atoms with Crippen molar-refractivity contribution in [2.45, 2.75) is 50.3 Å². The fourth-order valence-corrected chi connectivity index (χ4v) is 6.22. The van der Waals surface area contributed by atoms with Crippen LogP contribution in [0.1, 0.15) is 58.1 Å². The van der Waals surface area contributed by atoms with Gasteiger partial charge in [0.2, 0.25) is 0 Å². The standard InChI is InChI=1S/C25H31N3O2S2/c1-17-10-12-28(13-11-17)22(24-9-6-14-31-24)15-26-25(29)20-7-4-5-8-23(20)32-16-21-18(2)27-30-19(21)3/h4-9,14,17,22H,10-13,15-16H2,1-3H3,(H,26,29). The zero-order valence-electron chi connectivity index (χ0n) is 19.0. The van der Waals surface area contributed by atoms with E-state index in [0.29, 0.717) is 6.54 Å². The number of benzene rings is 1. The number of thioether (sulfide) groups is 1. The second-order valence-electron chi connectivity index (χ2n) is 8.55. The van der Waals surface area contributed by atoms with Crippen LogP contribution in [0, 0.1) is 19.8 Å². The molecule has 2 aromatic heterocycles. The van der Waals surface area contributed by atoms with Gasteiger partial charge in [-0.15, -0.1) is 23.1 Å². The van der Waals surface area contributed by atoms with Crippen molar-refractivity contribution in [3.05, 3.63) is 69.2 Å². The average Bonchev–Trinajstić information content (AvgIpc) is 3.44. The molecule has 4 rings (SSSR count). The first-order valence-corrected chi connectivity index (χ1v) is 13.1. The summed E-state index contributed by atoms with van der Waals surface area (Å²) < 4.78 is 5.28. The summed E-state index contributed by atoms with van der Waals surface area (Å²) in [4.78, 5) is 18.0. The lowest BCUT2D eigenvalue weighted by Gasteiger charge is -2.36. The number of nitrogens with one attached hydrogen (secondary N) is 1. The first-order chi connectivity index (χ1) is 15.5. The van der Waals surface area contributed by atoms with Crippen LogP contribution in [-0.2, 0) is 5.75 Å². The normalized spacial score (nSPS) is 16.2. The number of aryl methyl sites for hydroxylation is 2. The highest BCUT2D eigenvalue weighted by Gasteiger charge is 2.26. The molecule has 1 N–H and O–H groups in total. The number of hydrogen-bond acceptors (Lipinski definition) is 6. The first-order valence-electron chi connectivity index (χ1n) is 11.2. The summed E-state index contributed by atoms with van der Waals surface area (Å²) in [5, 5.41) is 9.39. The second kappa shape index (κ2) is 10.7. The van der Waals surface area contributed by atoms with Crippen LogP contribution in [0.3, 0.4) is 0 Å². The Kier molecular flexibility index (Phi) is 7.71. The Morgan fingerprint density at radius 2 is 2.03 bits per heavy atom. The van der Waals surface area contributed by atoms with E-state index in [4.69, 9.17) is 4.52 Å². The first kappa shape index (κ1) is 23.1. The molecule has 3 aromatic rings. The van der Waals surface area contributed by atoms with E-state index < -0.39 is 0 Å². The monoisotopic (exact) mass is 469 g/mol. The van der Waals surface area contributed by atoms with Crippen LogP contribution < -0.4 is 5.32 Å². The van der Waals surface area contributed by atoms with Gasteiger partial charge in [-0.2, -0.15) is 0 Å². The molecule has 1 aliphatic heterocycles. The lowest BCUT2D eigenvalue weighted by atomic mass is 9.97. The van der Waals surface area contributed by atoms with Gasteiger partial charge in [-0.3, -0.25) is 9.69 Å². The molecule has 0 radical (unpaired) electrons. The fraction of sp³-hybridized carbons (Fsp3) is 0.440. The lowest BCUT2D eigenvalue weighted by Crippen LogP contribution is -2.41. The summed E-state index contributed by atoms with van der Waals surface area (Å²) in [5.41, 5.74) is 2.73. The molecule has 1 fully saturated rings. The number of amides is 1. The Labute approximate surface area is 198 Å². The summed E-state index contributed by atoms with van der Waals surface area (Å²) in [5.74, 6) is 2.34. The predicted octanol–water partition coefficient (Wildman–Crippen LogP) is 5.85. The minimum atomic E-state index is -0.0150. The van der Waals surface area contributed by atoms with Crippen LogP contribution in [0.15, 0.2) is 51.2 Å². The summed E-state index contributed by atoms with van der Waals surface area (Å²) in [6.07, 6.45) is 2.44. The van der Waals surface area contributed by atoms with E-state index in [1.165, 1.54) is 17.7 Å². The Morgan fingerprint density at radius 1 is 1.25 bits per heavy atom. The molecule has 170 valence electrons. The molecule has 1 atom stereocenters. The molecule has 3 heterocycles. The van der Waals surface area contributed by atoms with Crippen molar-refractivity contribution < 1.29 is 9.32 Å². The van der Waals surface area contributed by atoms with Gasteiger partial charge < -0.3 is 9.84 Å². The minimum absolute atomic E-state index is 0.0150. The van der Waals surface area contributed by atoms with E-state index in [9.17, 15) is 4.79 Å². The molecule has 0 bridgehead atoms. The molecule has 5 nitrogen and oxygen atoms in total. The topological polar surface area (TPSA) is 58.4 Å². The molecule has 7 heteroatoms. The number of piperidine rings is 1. The minimum Gasteiger partial charge on any atom is -0.361 e. The van der Waals surface area contributed by atoms with Crippen LogP contribution in [0.5, 0.6) is 0 Å². The Hall–Kier alpha value is -2.09. The maximum absolute atomic E-state index is 13.2. The quantitative estimate of drug-likeness (QED) is 0.420. The fourth-order valence-electron chi connectivity index (χ4n) is 4.15. The number of thiophene rings is 1. The third-order valence-electron chi connectivity index (χ3n) is 6.27. The van der Waals surface area contributed by atoms with Crippen LogP contribution in [-0.4, -0.2) is 35.6 Å². The molecule has 1 saturated heterocycles. The van der Waals surface area contributed by atoms with Crippen molar-refractivity contribution >= 4 is 29.0 Å². The van der Waals surface area contributed by atoms with Gasteiger partial charge in [0, 0.05) is 27.6 Å². The molecule has 1 amide bonds. The van der Waals surface area contributed by atoms with Crippen molar-refractivity contribution in [3.63, 3.8) is 0 Å². The maximum Gasteiger partial charge on any atom is 0.252 e. The van der Waals surface area contributed by atoms with Gasteiger partial charge in [0.25, 0.3) is 5.91 Å². The van der Waals surface area contributed by atoms with Crippen LogP contribution in [0.25, 0.3) is 0 Å². The number of carbonyl (C=O) groups is 1. The molecule has 0 aliphatic carbocycles. The maximum atomic E-state index is 13.2. The van der Waals surface area contributed by atoms with E-state index in [1.807, 2.05) is 38.1 Å². The number of likely N-dealkylation sites (tertiary alicyclic amines) is 1. The van der Waals surface area contributed by atoms with Crippen molar-refractivity contribution in [2.24, 2.45) is 5.92 Å². The smallest absolute Gasteiger partial charge is 0.252 e. The molecular weight excluding hydrogens is 438 g/mol. The van der Waals surface area contributed by atoms with E-state index in [0.717, 1.165) is 52.2 Å². The molecular formula is C25H31N3O2S2. The van der Waals surface area contributed by atoms with Gasteiger partial charge in [-0.1, -0.05) is 30.3 Å². The number of hydrogen-bond donors (Lipinski definition) is 1. The summed E-state index contributed by atoms with van der Waals surface area (Å²) in [6.45, 7) is 9.01. The molecule has 32 heavy (non-hydrogen) atoms. The molecule has 1 unspecified atom stereocenters. The van der Waals surface area contributed by atoms with Crippen molar-refractivity contribution in [1.82, 2.24) is 15.4 Å². The van der Waals surface area contributed by atoms with E-state index in [2.05, 4.69) is 39.8 Å². The molecule has 1 aromatic carbocycles. The van der Waals surface area contributed by atoms with Gasteiger partial charge in [0.05, 0.1) is 17.3 Å². The molecule has 0 saturated carbocycles. The zero-order valence-corrected chi connectivity index (χ0v) is 20.6. The van der Waals surface area contributed by atoms with Crippen molar-refractivity contribution in [3.8, 4) is 0 Å². The lowest BCUT2D eigenvalue weighted by molar-refractivity contribution is 0.0912. The number of nitrogens with zero attached hydrogens (tertiary/aromatic N) is 2. The Balaban J connectivity index is 1.44. The third kappa shape index (κ3) is 5.45. The third-order valence-corrected chi connectivity index (χ3v) is 8.35. The van der Waals surface area contributed by atoms with E-state index >= 15 is 0 Å². The van der Waals surface area contributed by atoms with Gasteiger partial charge in [-0.25, -0.2) is 0 Å². The largest absolute Gasteiger partial charge is 0.361 e. The average molecular weight is 470 g/mol. The number of carbonyl (C=O) groups excluding carboxylic acids is 1. The van der Waals surface area contributed by atoms with Gasteiger partial charge in [0.15, 0.2) is 0 Å². The predicted molar refractivity (Wildman–Crippen MR) is 131 cm³/mol. The Morgan fingerprint density at radius 3 is 2.72 bits per heavy atom. The van der Waals surface area contributed by atoms with E-state index in [1.54, 1.807) is 23.1 Å². The van der Waals surface area contributed by atoms with E-state index in [-0.39, 0.29) is 11.9 Å². The second-order valence-corrected chi connectivity index (χ2v) is 10.5. The SMILES string of the molecule is Cc1noc(C)c1CSc1ccccc1C(=O)NCC(c1cccs1)N1CCC(C)CC1. The highest BCUT2D eigenvalue weighted by Crippen LogP contribution is 2.31. The van der Waals surface area contributed by atoms with Crippen LogP contribution in [0.4, 0.5) is 0 Å². The van der Waals surface area contributed by atoms with Gasteiger partial charge in [-0.05, 0) is 69.3 Å². The van der Waals surface area contributed by atoms with Crippen LogP contribution in [0.2, 0.25) is 0 Å². The molecule has 1 aliphatic rings. The van der Waals surface area contributed by atoms with Gasteiger partial charge >= 0.3 is 0 Å². The highest BCUT2D eigenvalue weighted by atomic mass is 32.2. The number of rotatable bonds is 8. The van der Waals surface area contributed by atoms with Gasteiger partial charge in [0.1, 0.15) is 5.76 Å². The van der Waals surface area contributed by atoms with Crippen LogP contribution >= 0.6 is 23.1 Å². The summed E-state index contributed by atoms with van der Waals surface area (Å²) in [6, 6.07) is 12.4. The Bertz CT molecular complexity index is 1000.